The van der Waals surface area contributed by atoms with Crippen molar-refractivity contribution in [2.75, 3.05) is 10.6 Å². The summed E-state index contributed by atoms with van der Waals surface area (Å²) in [7, 11) is 0. The maximum atomic E-state index is 13.2. The Bertz CT molecular complexity index is 1030. The Morgan fingerprint density at radius 2 is 1.68 bits per heavy atom. The van der Waals surface area contributed by atoms with Crippen molar-refractivity contribution in [1.29, 1.82) is 0 Å². The molecule has 160 valence electrons. The number of carbonyl (C=O) groups excluding carboxylic acids is 2. The van der Waals surface area contributed by atoms with Crippen LogP contribution < -0.4 is 10.6 Å². The van der Waals surface area contributed by atoms with Crippen molar-refractivity contribution in [1.82, 2.24) is 0 Å². The molecule has 1 unspecified atom stereocenters. The lowest BCUT2D eigenvalue weighted by atomic mass is 10.1. The minimum Gasteiger partial charge on any atom is -0.326 e. The van der Waals surface area contributed by atoms with Gasteiger partial charge in [0, 0.05) is 21.5 Å². The van der Waals surface area contributed by atoms with Crippen LogP contribution in [0.5, 0.6) is 0 Å². The molecular weight excluding hydrogens is 472 g/mol. The second kappa shape index (κ2) is 11.7. The van der Waals surface area contributed by atoms with E-state index in [-0.39, 0.29) is 11.8 Å². The molecule has 31 heavy (non-hydrogen) atoms. The van der Waals surface area contributed by atoms with Gasteiger partial charge in [0.2, 0.25) is 11.8 Å². The zero-order valence-corrected chi connectivity index (χ0v) is 19.7. The molecule has 0 bridgehead atoms. The Kier molecular flexibility index (Phi) is 8.74. The number of anilines is 2. The van der Waals surface area contributed by atoms with Gasteiger partial charge in [0.15, 0.2) is 0 Å². The molecule has 3 rings (SSSR count). The van der Waals surface area contributed by atoms with Crippen LogP contribution in [0.15, 0.2) is 88.2 Å². The molecular formula is C25H25BrN2O2S. The highest BCUT2D eigenvalue weighted by atomic mass is 79.9. The lowest BCUT2D eigenvalue weighted by molar-refractivity contribution is -0.116. The summed E-state index contributed by atoms with van der Waals surface area (Å²) in [5, 5.41) is 5.53. The van der Waals surface area contributed by atoms with Gasteiger partial charge in [0.1, 0.15) is 5.25 Å². The first-order chi connectivity index (χ1) is 15.1. The molecule has 6 heteroatoms. The van der Waals surface area contributed by atoms with E-state index in [0.717, 1.165) is 39.1 Å². The van der Waals surface area contributed by atoms with Crippen LogP contribution in [0.2, 0.25) is 0 Å². The average Bonchev–Trinajstić information content (AvgIpc) is 2.78. The third-order valence-electron chi connectivity index (χ3n) is 4.60. The van der Waals surface area contributed by atoms with Gasteiger partial charge in [-0.3, -0.25) is 9.59 Å². The highest BCUT2D eigenvalue weighted by Crippen LogP contribution is 2.37. The number of halogens is 1. The number of carbonyl (C=O) groups is 2. The van der Waals surface area contributed by atoms with Gasteiger partial charge in [-0.05, 0) is 58.2 Å². The van der Waals surface area contributed by atoms with Crippen molar-refractivity contribution in [2.24, 2.45) is 0 Å². The third kappa shape index (κ3) is 6.97. The van der Waals surface area contributed by atoms with E-state index in [1.807, 2.05) is 78.9 Å². The van der Waals surface area contributed by atoms with Crippen molar-refractivity contribution in [2.45, 2.75) is 36.3 Å². The van der Waals surface area contributed by atoms with Gasteiger partial charge in [0.25, 0.3) is 0 Å². The quantitative estimate of drug-likeness (QED) is 0.312. The summed E-state index contributed by atoms with van der Waals surface area (Å²) < 4.78 is 0.831. The number of rotatable bonds is 9. The minimum atomic E-state index is -0.445. The summed E-state index contributed by atoms with van der Waals surface area (Å²) >= 11 is 4.94. The summed E-state index contributed by atoms with van der Waals surface area (Å²) in [4.78, 5) is 26.2. The highest BCUT2D eigenvalue weighted by Gasteiger charge is 2.23. The maximum Gasteiger partial charge on any atom is 0.242 e. The SMILES string of the molecule is CCCCC(=O)Nc1cccc(SC(C(=O)Nc2ccccc2Br)c2ccccc2)c1. The van der Waals surface area contributed by atoms with Gasteiger partial charge in [-0.1, -0.05) is 61.9 Å². The summed E-state index contributed by atoms with van der Waals surface area (Å²) in [6.07, 6.45) is 2.36. The van der Waals surface area contributed by atoms with Crippen LogP contribution in [0.25, 0.3) is 0 Å². The first kappa shape index (κ1) is 23.1. The van der Waals surface area contributed by atoms with Crippen LogP contribution >= 0.6 is 27.7 Å². The van der Waals surface area contributed by atoms with Gasteiger partial charge in [-0.2, -0.15) is 0 Å². The number of hydrogen-bond acceptors (Lipinski definition) is 3. The summed E-state index contributed by atoms with van der Waals surface area (Å²) in [5.74, 6) is -0.101. The van der Waals surface area contributed by atoms with Gasteiger partial charge >= 0.3 is 0 Å². The van der Waals surface area contributed by atoms with Gasteiger partial charge < -0.3 is 10.6 Å². The van der Waals surface area contributed by atoms with Crippen molar-refractivity contribution < 1.29 is 9.59 Å². The van der Waals surface area contributed by atoms with Crippen LogP contribution in [-0.4, -0.2) is 11.8 Å². The first-order valence-electron chi connectivity index (χ1n) is 10.2. The van der Waals surface area contributed by atoms with Crippen molar-refractivity contribution in [3.8, 4) is 0 Å². The molecule has 1 atom stereocenters. The Labute approximate surface area is 196 Å². The molecule has 0 aromatic heterocycles. The molecule has 0 saturated heterocycles. The van der Waals surface area contributed by atoms with Gasteiger partial charge in [0.05, 0.1) is 5.69 Å². The molecule has 0 heterocycles. The number of benzene rings is 3. The van der Waals surface area contributed by atoms with Gasteiger partial charge in [-0.25, -0.2) is 0 Å². The fraction of sp³-hybridized carbons (Fsp3) is 0.200. The number of amides is 2. The second-order valence-corrected chi connectivity index (χ2v) is 9.09. The molecule has 2 amide bonds. The standard InChI is InChI=1S/C25H25BrN2O2S/c1-2-3-16-23(29)27-19-12-9-13-20(17-19)31-24(18-10-5-4-6-11-18)25(30)28-22-15-8-7-14-21(22)26/h4-15,17,24H,2-3,16H2,1H3,(H,27,29)(H,28,30). The molecule has 0 aliphatic heterocycles. The zero-order valence-electron chi connectivity index (χ0n) is 17.3. The first-order valence-corrected chi connectivity index (χ1v) is 11.9. The van der Waals surface area contributed by atoms with Crippen LogP contribution in [0, 0.1) is 0 Å². The molecule has 3 aromatic carbocycles. The smallest absolute Gasteiger partial charge is 0.242 e. The van der Waals surface area contributed by atoms with Crippen LogP contribution in [0.3, 0.4) is 0 Å². The Morgan fingerprint density at radius 3 is 2.42 bits per heavy atom. The molecule has 0 aliphatic carbocycles. The van der Waals surface area contributed by atoms with Crippen molar-refractivity contribution in [3.05, 3.63) is 88.9 Å². The average molecular weight is 497 g/mol. The molecule has 0 fully saturated rings. The molecule has 2 N–H and O–H groups in total. The topological polar surface area (TPSA) is 58.2 Å². The summed E-state index contributed by atoms with van der Waals surface area (Å²) in [6, 6.07) is 24.9. The molecule has 4 nitrogen and oxygen atoms in total. The number of nitrogens with one attached hydrogen (secondary N) is 2. The number of para-hydroxylation sites is 1. The summed E-state index contributed by atoms with van der Waals surface area (Å²) in [5.41, 5.74) is 2.38. The number of unbranched alkanes of at least 4 members (excludes halogenated alkanes) is 1. The van der Waals surface area contributed by atoms with Crippen LogP contribution in [-0.2, 0) is 9.59 Å². The molecule has 3 aromatic rings. The molecule has 0 aliphatic rings. The molecule has 0 saturated carbocycles. The second-order valence-electron chi connectivity index (χ2n) is 7.06. The van der Waals surface area contributed by atoms with E-state index in [9.17, 15) is 9.59 Å². The molecule has 0 spiro atoms. The normalized spacial score (nSPS) is 11.5. The van der Waals surface area contributed by atoms with Crippen LogP contribution in [0.4, 0.5) is 11.4 Å². The van der Waals surface area contributed by atoms with Crippen molar-refractivity contribution in [3.63, 3.8) is 0 Å². The van der Waals surface area contributed by atoms with E-state index in [4.69, 9.17) is 0 Å². The minimum absolute atomic E-state index is 0.00952. The van der Waals surface area contributed by atoms with Gasteiger partial charge in [-0.15, -0.1) is 11.8 Å². The number of thioether (sulfide) groups is 1. The summed E-state index contributed by atoms with van der Waals surface area (Å²) in [6.45, 7) is 2.06. The van der Waals surface area contributed by atoms with E-state index in [1.165, 1.54) is 11.8 Å². The highest BCUT2D eigenvalue weighted by molar-refractivity contribution is 9.10. The van der Waals surface area contributed by atoms with E-state index < -0.39 is 5.25 Å². The molecule has 0 radical (unpaired) electrons. The lowest BCUT2D eigenvalue weighted by Gasteiger charge is -2.18. The Balaban J connectivity index is 1.79. The van der Waals surface area contributed by atoms with E-state index in [1.54, 1.807) is 0 Å². The largest absolute Gasteiger partial charge is 0.326 e. The van der Waals surface area contributed by atoms with Crippen LogP contribution in [0.1, 0.15) is 37.0 Å². The number of hydrogen-bond donors (Lipinski definition) is 2. The fourth-order valence-electron chi connectivity index (χ4n) is 3.01. The Hall–Kier alpha value is -2.57. The fourth-order valence-corrected chi connectivity index (χ4v) is 4.47. The van der Waals surface area contributed by atoms with E-state index in [0.29, 0.717) is 6.42 Å². The van der Waals surface area contributed by atoms with Crippen molar-refractivity contribution >= 4 is 50.9 Å². The third-order valence-corrected chi connectivity index (χ3v) is 6.54. The van der Waals surface area contributed by atoms with E-state index >= 15 is 0 Å². The van der Waals surface area contributed by atoms with E-state index in [2.05, 4.69) is 33.5 Å². The predicted molar refractivity (Wildman–Crippen MR) is 132 cm³/mol. The maximum absolute atomic E-state index is 13.2. The lowest BCUT2D eigenvalue weighted by Crippen LogP contribution is -2.19. The Morgan fingerprint density at radius 1 is 0.935 bits per heavy atom. The zero-order chi connectivity index (χ0) is 22.1. The predicted octanol–water partition coefficient (Wildman–Crippen LogP) is 7.05. The monoisotopic (exact) mass is 496 g/mol.